The third-order valence-corrected chi connectivity index (χ3v) is 7.09. The molecule has 0 atom stereocenters. The van der Waals surface area contributed by atoms with Gasteiger partial charge in [-0.15, -0.1) is 0 Å². The molecule has 0 aromatic heterocycles. The van der Waals surface area contributed by atoms with E-state index in [9.17, 15) is 0 Å². The summed E-state index contributed by atoms with van der Waals surface area (Å²) in [6.45, 7) is 4.54. The zero-order valence-corrected chi connectivity index (χ0v) is 17.7. The molecule has 0 nitrogen and oxygen atoms in total. The Bertz CT molecular complexity index is 1700. The van der Waals surface area contributed by atoms with E-state index in [-0.39, 0.29) is 0 Å². The SMILES string of the molecule is CC(C)c1ccc2cc3c4c(cccc4c2c1)-c1cc2cc4ccccc4cc2cc1-3. The van der Waals surface area contributed by atoms with E-state index < -0.39 is 0 Å². The van der Waals surface area contributed by atoms with E-state index in [0.717, 1.165) is 0 Å². The van der Waals surface area contributed by atoms with Crippen LogP contribution in [0.25, 0.3) is 65.3 Å². The largest absolute Gasteiger partial charge is 0.0616 e. The Morgan fingerprint density at radius 1 is 0.452 bits per heavy atom. The Morgan fingerprint density at radius 3 is 1.84 bits per heavy atom. The minimum atomic E-state index is 0.532. The van der Waals surface area contributed by atoms with E-state index in [1.807, 2.05) is 0 Å². The van der Waals surface area contributed by atoms with Crippen LogP contribution >= 0.6 is 0 Å². The maximum absolute atomic E-state index is 2.41. The third kappa shape index (κ3) is 2.31. The second-order valence-electron chi connectivity index (χ2n) is 9.23. The van der Waals surface area contributed by atoms with E-state index in [0.29, 0.717) is 5.92 Å². The molecule has 31 heavy (non-hydrogen) atoms. The first-order valence-corrected chi connectivity index (χ1v) is 11.1. The molecule has 0 unspecified atom stereocenters. The maximum atomic E-state index is 2.41. The fraction of sp³-hybridized carbons (Fsp3) is 0.0968. The molecule has 0 fully saturated rings. The van der Waals surface area contributed by atoms with Gasteiger partial charge in [0.15, 0.2) is 0 Å². The van der Waals surface area contributed by atoms with Crippen LogP contribution in [0.15, 0.2) is 91.0 Å². The predicted molar refractivity (Wildman–Crippen MR) is 135 cm³/mol. The van der Waals surface area contributed by atoms with Crippen LogP contribution in [-0.4, -0.2) is 0 Å². The maximum Gasteiger partial charge on any atom is -0.00199 e. The molecule has 6 aromatic carbocycles. The van der Waals surface area contributed by atoms with E-state index in [4.69, 9.17) is 0 Å². The molecule has 0 aliphatic heterocycles. The normalized spacial score (nSPS) is 12.5. The van der Waals surface area contributed by atoms with Crippen molar-refractivity contribution in [2.75, 3.05) is 0 Å². The van der Waals surface area contributed by atoms with Gasteiger partial charge in [-0.25, -0.2) is 0 Å². The smallest absolute Gasteiger partial charge is 0.00199 e. The highest BCUT2D eigenvalue weighted by molar-refractivity contribution is 6.24. The molecule has 1 aliphatic carbocycles. The van der Waals surface area contributed by atoms with Crippen molar-refractivity contribution in [3.05, 3.63) is 96.6 Å². The zero-order chi connectivity index (χ0) is 20.7. The fourth-order valence-electron chi connectivity index (χ4n) is 5.46. The number of hydrogen-bond donors (Lipinski definition) is 0. The van der Waals surface area contributed by atoms with Crippen LogP contribution in [0.4, 0.5) is 0 Å². The van der Waals surface area contributed by atoms with E-state index in [1.165, 1.54) is 70.9 Å². The zero-order valence-electron chi connectivity index (χ0n) is 17.7. The lowest BCUT2D eigenvalue weighted by atomic mass is 9.93. The molecule has 7 rings (SSSR count). The topological polar surface area (TPSA) is 0 Å². The van der Waals surface area contributed by atoms with Gasteiger partial charge in [-0.05, 0) is 107 Å². The van der Waals surface area contributed by atoms with Crippen LogP contribution in [0.2, 0.25) is 0 Å². The summed E-state index contributed by atoms with van der Waals surface area (Å²) in [5.41, 5.74) is 6.88. The summed E-state index contributed by atoms with van der Waals surface area (Å²) in [5, 5.41) is 10.7. The van der Waals surface area contributed by atoms with E-state index in [1.54, 1.807) is 0 Å². The molecule has 0 bridgehead atoms. The van der Waals surface area contributed by atoms with Crippen LogP contribution in [0.5, 0.6) is 0 Å². The Kier molecular flexibility index (Phi) is 3.28. The Hall–Kier alpha value is -3.64. The van der Waals surface area contributed by atoms with Gasteiger partial charge in [0.25, 0.3) is 0 Å². The first-order chi connectivity index (χ1) is 15.2. The molecule has 0 amide bonds. The number of benzene rings is 6. The monoisotopic (exact) mass is 394 g/mol. The van der Waals surface area contributed by atoms with Crippen LogP contribution in [0.1, 0.15) is 25.3 Å². The van der Waals surface area contributed by atoms with Gasteiger partial charge in [0, 0.05) is 0 Å². The molecule has 0 spiro atoms. The molecule has 6 aromatic rings. The summed E-state index contributed by atoms with van der Waals surface area (Å²) < 4.78 is 0. The van der Waals surface area contributed by atoms with Crippen molar-refractivity contribution in [2.24, 2.45) is 0 Å². The quantitative estimate of drug-likeness (QED) is 0.192. The molecule has 0 heterocycles. The van der Waals surface area contributed by atoms with Gasteiger partial charge in [0.1, 0.15) is 0 Å². The van der Waals surface area contributed by atoms with Crippen molar-refractivity contribution >= 4 is 43.1 Å². The van der Waals surface area contributed by atoms with E-state index >= 15 is 0 Å². The predicted octanol–water partition coefficient (Wildman–Crippen LogP) is 9.07. The summed E-state index contributed by atoms with van der Waals surface area (Å²) in [4.78, 5) is 0. The second-order valence-corrected chi connectivity index (χ2v) is 9.23. The first-order valence-electron chi connectivity index (χ1n) is 11.1. The molecule has 0 heteroatoms. The molecular formula is C31H22. The van der Waals surface area contributed by atoms with Crippen molar-refractivity contribution in [2.45, 2.75) is 19.8 Å². The van der Waals surface area contributed by atoms with Crippen molar-refractivity contribution in [3.8, 4) is 22.3 Å². The highest BCUT2D eigenvalue weighted by Gasteiger charge is 2.23. The summed E-state index contributed by atoms with van der Waals surface area (Å²) in [6.07, 6.45) is 0. The van der Waals surface area contributed by atoms with Crippen molar-refractivity contribution in [1.29, 1.82) is 0 Å². The van der Waals surface area contributed by atoms with E-state index in [2.05, 4.69) is 105 Å². The van der Waals surface area contributed by atoms with Gasteiger partial charge in [-0.1, -0.05) is 74.5 Å². The number of rotatable bonds is 1. The third-order valence-electron chi connectivity index (χ3n) is 7.09. The Morgan fingerprint density at radius 2 is 1.13 bits per heavy atom. The second kappa shape index (κ2) is 5.95. The number of hydrogen-bond acceptors (Lipinski definition) is 0. The molecule has 0 radical (unpaired) electrons. The molecule has 0 saturated heterocycles. The van der Waals surface area contributed by atoms with Crippen LogP contribution in [-0.2, 0) is 0 Å². The highest BCUT2D eigenvalue weighted by atomic mass is 14.3. The standard InChI is InChI=1S/C31H22/c1-18(2)19-10-11-22-15-30-29-17-24-13-21-7-4-3-6-20(21)12-23(24)16-28(29)26-9-5-8-25(31(26)30)27(22)14-19/h3-18H,1-2H3. The molecule has 0 N–H and O–H groups in total. The Balaban J connectivity index is 1.60. The minimum Gasteiger partial charge on any atom is -0.0616 e. The summed E-state index contributed by atoms with van der Waals surface area (Å²) in [5.74, 6) is 0.532. The Labute approximate surface area is 181 Å². The number of fused-ring (bicyclic) bond motifs is 7. The lowest BCUT2D eigenvalue weighted by Crippen LogP contribution is -1.88. The van der Waals surface area contributed by atoms with Gasteiger partial charge in [-0.3, -0.25) is 0 Å². The van der Waals surface area contributed by atoms with Crippen LogP contribution in [0.3, 0.4) is 0 Å². The first kappa shape index (κ1) is 17.1. The average molecular weight is 395 g/mol. The van der Waals surface area contributed by atoms with Gasteiger partial charge in [0.05, 0.1) is 0 Å². The fourth-order valence-corrected chi connectivity index (χ4v) is 5.46. The molecule has 0 saturated carbocycles. The van der Waals surface area contributed by atoms with Crippen molar-refractivity contribution in [1.82, 2.24) is 0 Å². The van der Waals surface area contributed by atoms with Gasteiger partial charge in [-0.2, -0.15) is 0 Å². The van der Waals surface area contributed by atoms with Crippen molar-refractivity contribution < 1.29 is 0 Å². The molecular weight excluding hydrogens is 372 g/mol. The van der Waals surface area contributed by atoms with Crippen LogP contribution in [0, 0.1) is 0 Å². The van der Waals surface area contributed by atoms with Gasteiger partial charge < -0.3 is 0 Å². The lowest BCUT2D eigenvalue weighted by molar-refractivity contribution is 0.869. The average Bonchev–Trinajstić information content (AvgIpc) is 3.09. The highest BCUT2D eigenvalue weighted by Crippen LogP contribution is 2.50. The molecule has 1 aliphatic rings. The van der Waals surface area contributed by atoms with Gasteiger partial charge in [0.2, 0.25) is 0 Å². The molecule has 146 valence electrons. The summed E-state index contributed by atoms with van der Waals surface area (Å²) in [6, 6.07) is 34.3. The summed E-state index contributed by atoms with van der Waals surface area (Å²) in [7, 11) is 0. The summed E-state index contributed by atoms with van der Waals surface area (Å²) >= 11 is 0. The minimum absolute atomic E-state index is 0.532. The van der Waals surface area contributed by atoms with Crippen LogP contribution < -0.4 is 0 Å². The lowest BCUT2D eigenvalue weighted by Gasteiger charge is -2.11. The van der Waals surface area contributed by atoms with Crippen molar-refractivity contribution in [3.63, 3.8) is 0 Å². The van der Waals surface area contributed by atoms with Gasteiger partial charge >= 0.3 is 0 Å².